The van der Waals surface area contributed by atoms with Crippen LogP contribution in [0.5, 0.6) is 5.75 Å². The number of benzene rings is 1. The summed E-state index contributed by atoms with van der Waals surface area (Å²) < 4.78 is 29.6. The summed E-state index contributed by atoms with van der Waals surface area (Å²) in [7, 11) is 0. The molecule has 0 aromatic heterocycles. The summed E-state index contributed by atoms with van der Waals surface area (Å²) in [6.07, 6.45) is 2.77. The molecule has 1 saturated heterocycles. The first-order chi connectivity index (χ1) is 11.4. The number of aryl methyl sites for hydroxylation is 2. The number of carbonyl (C=O) groups excluding carboxylic acids is 1. The van der Waals surface area contributed by atoms with Gasteiger partial charge in [0, 0.05) is 18.2 Å². The molecule has 1 heterocycles. The van der Waals surface area contributed by atoms with Gasteiger partial charge in [-0.25, -0.2) is 0 Å². The van der Waals surface area contributed by atoms with E-state index in [0.717, 1.165) is 32.4 Å². The number of carbonyl (C=O) groups is 1. The van der Waals surface area contributed by atoms with Gasteiger partial charge in [0.05, 0.1) is 0 Å². The minimum atomic E-state index is -2.87. The number of piperidine rings is 1. The molecule has 0 atom stereocenters. The molecule has 7 heteroatoms. The van der Waals surface area contributed by atoms with Gasteiger partial charge in [-0.15, -0.1) is 12.4 Å². The van der Waals surface area contributed by atoms with E-state index in [1.54, 1.807) is 26.0 Å². The zero-order valence-corrected chi connectivity index (χ0v) is 15.8. The molecule has 1 aromatic carbocycles. The van der Waals surface area contributed by atoms with Crippen LogP contribution in [-0.2, 0) is 0 Å². The van der Waals surface area contributed by atoms with E-state index >= 15 is 0 Å². The lowest BCUT2D eigenvalue weighted by Gasteiger charge is -2.35. The summed E-state index contributed by atoms with van der Waals surface area (Å²) in [5, 5.41) is 3.31. The van der Waals surface area contributed by atoms with Crippen molar-refractivity contribution in [3.8, 4) is 5.75 Å². The number of ether oxygens (including phenoxy) is 1. The van der Waals surface area contributed by atoms with Gasteiger partial charge in [-0.05, 0) is 69.5 Å². The molecule has 0 radical (unpaired) electrons. The first kappa shape index (κ1) is 21.6. The molecule has 0 bridgehead atoms. The second-order valence-corrected chi connectivity index (χ2v) is 6.30. The van der Waals surface area contributed by atoms with Crippen LogP contribution in [0.1, 0.15) is 47.7 Å². The third-order valence-corrected chi connectivity index (χ3v) is 4.39. The van der Waals surface area contributed by atoms with E-state index in [-0.39, 0.29) is 30.1 Å². The largest absolute Gasteiger partial charge is 0.434 e. The molecule has 1 N–H and O–H groups in total. The highest BCUT2D eigenvalue weighted by molar-refractivity contribution is 5.95. The highest BCUT2D eigenvalue weighted by atomic mass is 35.5. The monoisotopic (exact) mass is 376 g/mol. The Morgan fingerprint density at radius 2 is 1.84 bits per heavy atom. The van der Waals surface area contributed by atoms with Crippen molar-refractivity contribution >= 4 is 18.3 Å². The third-order valence-electron chi connectivity index (χ3n) is 4.39. The van der Waals surface area contributed by atoms with Crippen LogP contribution in [0.25, 0.3) is 0 Å². The second-order valence-electron chi connectivity index (χ2n) is 6.30. The number of rotatable bonds is 6. The molecule has 1 aliphatic heterocycles. The van der Waals surface area contributed by atoms with Crippen LogP contribution in [0.2, 0.25) is 0 Å². The maximum atomic E-state index is 13.0. The Balaban J connectivity index is 0.00000312. The van der Waals surface area contributed by atoms with Crippen molar-refractivity contribution in [1.82, 2.24) is 10.2 Å². The first-order valence-corrected chi connectivity index (χ1v) is 8.51. The average Bonchev–Trinajstić information content (AvgIpc) is 2.55. The molecule has 1 fully saturated rings. The zero-order valence-electron chi connectivity index (χ0n) is 15.0. The van der Waals surface area contributed by atoms with Crippen molar-refractivity contribution in [2.45, 2.75) is 52.7 Å². The molecule has 1 amide bonds. The summed E-state index contributed by atoms with van der Waals surface area (Å²) in [6.45, 7) is 5.10. The highest BCUT2D eigenvalue weighted by Crippen LogP contribution is 2.28. The van der Waals surface area contributed by atoms with Crippen LogP contribution in [0, 0.1) is 13.8 Å². The van der Waals surface area contributed by atoms with Gasteiger partial charge in [-0.2, -0.15) is 8.78 Å². The van der Waals surface area contributed by atoms with E-state index in [1.807, 2.05) is 4.90 Å². The molecule has 1 aliphatic rings. The molecule has 0 aliphatic carbocycles. The summed E-state index contributed by atoms with van der Waals surface area (Å²) >= 11 is 0. The van der Waals surface area contributed by atoms with Crippen LogP contribution >= 0.6 is 12.4 Å². The third kappa shape index (κ3) is 5.54. The molecule has 1 aromatic rings. The van der Waals surface area contributed by atoms with Crippen LogP contribution < -0.4 is 10.1 Å². The molecular weight excluding hydrogens is 350 g/mol. The number of halogens is 3. The number of amides is 1. The molecule has 25 heavy (non-hydrogen) atoms. The fraction of sp³-hybridized carbons (Fsp3) is 0.611. The van der Waals surface area contributed by atoms with Gasteiger partial charge < -0.3 is 15.0 Å². The maximum absolute atomic E-state index is 13.0. The highest BCUT2D eigenvalue weighted by Gasteiger charge is 2.26. The minimum absolute atomic E-state index is 0. The van der Waals surface area contributed by atoms with E-state index in [2.05, 4.69) is 17.0 Å². The van der Waals surface area contributed by atoms with E-state index in [9.17, 15) is 13.6 Å². The van der Waals surface area contributed by atoms with Crippen LogP contribution in [0.15, 0.2) is 12.1 Å². The number of hydrogen-bond donors (Lipinski definition) is 1. The fourth-order valence-electron chi connectivity index (χ4n) is 3.32. The summed E-state index contributed by atoms with van der Waals surface area (Å²) in [5.41, 5.74) is 1.65. The fourth-order valence-corrected chi connectivity index (χ4v) is 3.32. The lowest BCUT2D eigenvalue weighted by Crippen LogP contribution is -2.46. The smallest absolute Gasteiger partial charge is 0.387 e. The Morgan fingerprint density at radius 3 is 2.32 bits per heavy atom. The van der Waals surface area contributed by atoms with Gasteiger partial charge in [0.15, 0.2) is 0 Å². The van der Waals surface area contributed by atoms with E-state index in [4.69, 9.17) is 0 Å². The van der Waals surface area contributed by atoms with Gasteiger partial charge in [0.1, 0.15) is 5.75 Å². The van der Waals surface area contributed by atoms with Gasteiger partial charge in [0.25, 0.3) is 5.91 Å². The van der Waals surface area contributed by atoms with Crippen molar-refractivity contribution in [3.05, 3.63) is 28.8 Å². The van der Waals surface area contributed by atoms with Gasteiger partial charge >= 0.3 is 6.61 Å². The Hall–Kier alpha value is -1.40. The Labute approximate surface area is 154 Å². The van der Waals surface area contributed by atoms with Crippen LogP contribution in [0.4, 0.5) is 8.78 Å². The molecule has 0 spiro atoms. The van der Waals surface area contributed by atoms with Crippen molar-refractivity contribution in [3.63, 3.8) is 0 Å². The maximum Gasteiger partial charge on any atom is 0.387 e. The molecule has 142 valence electrons. The topological polar surface area (TPSA) is 41.6 Å². The van der Waals surface area contributed by atoms with Crippen LogP contribution in [0.3, 0.4) is 0 Å². The molecule has 2 rings (SSSR count). The van der Waals surface area contributed by atoms with Crippen molar-refractivity contribution in [2.75, 3.05) is 19.6 Å². The predicted molar refractivity (Wildman–Crippen MR) is 97.0 cm³/mol. The van der Waals surface area contributed by atoms with Crippen molar-refractivity contribution in [1.29, 1.82) is 0 Å². The lowest BCUT2D eigenvalue weighted by atomic mass is 10.0. The Kier molecular flexibility index (Phi) is 8.59. The number of alkyl halides is 2. The summed E-state index contributed by atoms with van der Waals surface area (Å²) in [4.78, 5) is 14.9. The van der Waals surface area contributed by atoms with E-state index < -0.39 is 6.61 Å². The molecule has 4 nitrogen and oxygen atoms in total. The van der Waals surface area contributed by atoms with E-state index in [1.165, 1.54) is 0 Å². The predicted octanol–water partition coefficient (Wildman–Crippen LogP) is 3.93. The first-order valence-electron chi connectivity index (χ1n) is 8.51. The molecule has 0 unspecified atom stereocenters. The normalized spacial score (nSPS) is 15.0. The van der Waals surface area contributed by atoms with E-state index in [0.29, 0.717) is 23.2 Å². The standard InChI is InChI=1S/C18H26F2N2O2.ClH/c1-4-9-22(15-5-7-21-8-6-15)17(23)14-10-12(2)16(13(3)11-14)24-18(19)20;/h10-11,15,18,21H,4-9H2,1-3H3;1H. The van der Waals surface area contributed by atoms with Gasteiger partial charge in [-0.3, -0.25) is 4.79 Å². The quantitative estimate of drug-likeness (QED) is 0.817. The minimum Gasteiger partial charge on any atom is -0.434 e. The van der Waals surface area contributed by atoms with Crippen LogP contribution in [-0.4, -0.2) is 43.1 Å². The number of hydrogen-bond acceptors (Lipinski definition) is 3. The van der Waals surface area contributed by atoms with Crippen molar-refractivity contribution in [2.24, 2.45) is 0 Å². The van der Waals surface area contributed by atoms with Crippen molar-refractivity contribution < 1.29 is 18.3 Å². The lowest BCUT2D eigenvalue weighted by molar-refractivity contribution is -0.0507. The van der Waals surface area contributed by atoms with Gasteiger partial charge in [-0.1, -0.05) is 6.92 Å². The van der Waals surface area contributed by atoms with Gasteiger partial charge in [0.2, 0.25) is 0 Å². The zero-order chi connectivity index (χ0) is 17.7. The molecule has 0 saturated carbocycles. The Morgan fingerprint density at radius 1 is 1.28 bits per heavy atom. The number of nitrogens with zero attached hydrogens (tertiary/aromatic N) is 1. The number of nitrogens with one attached hydrogen (secondary N) is 1. The Bertz CT molecular complexity index is 555. The molecular formula is C18H27ClF2N2O2. The SMILES string of the molecule is CCCN(C(=O)c1cc(C)c(OC(F)F)c(C)c1)C1CCNCC1.Cl. The summed E-state index contributed by atoms with van der Waals surface area (Å²) in [6, 6.07) is 3.53. The average molecular weight is 377 g/mol. The summed E-state index contributed by atoms with van der Waals surface area (Å²) in [5.74, 6) is 0.129. The second kappa shape index (κ2) is 9.92.